The molecule has 2 atom stereocenters. The van der Waals surface area contributed by atoms with E-state index in [9.17, 15) is 0 Å². The van der Waals surface area contributed by atoms with Crippen molar-refractivity contribution in [2.45, 2.75) is 12.2 Å². The molecule has 68 valence electrons. The Hall–Kier alpha value is -1.22. The van der Waals surface area contributed by atoms with Crippen molar-refractivity contribution in [3.05, 3.63) is 24.3 Å². The van der Waals surface area contributed by atoms with Gasteiger partial charge >= 0.3 is 0 Å². The fourth-order valence-corrected chi connectivity index (χ4v) is 1.49. The molecule has 0 amide bonds. The van der Waals surface area contributed by atoms with E-state index in [0.29, 0.717) is 6.61 Å². The standard InChI is InChI=1S/C10H10O3/c1-2-4-8-7(3-1)11-6-10(13-8)9-5-12-9/h1-4,9-10H,5-6H2/t9-,10+/m1/s1. The van der Waals surface area contributed by atoms with Gasteiger partial charge in [0, 0.05) is 0 Å². The van der Waals surface area contributed by atoms with Gasteiger partial charge in [0.05, 0.1) is 6.61 Å². The molecule has 0 aromatic heterocycles. The zero-order valence-corrected chi connectivity index (χ0v) is 7.10. The lowest BCUT2D eigenvalue weighted by molar-refractivity contribution is 0.0690. The summed E-state index contributed by atoms with van der Waals surface area (Å²) in [6.07, 6.45) is 0.322. The third-order valence-electron chi connectivity index (χ3n) is 2.30. The zero-order valence-electron chi connectivity index (χ0n) is 7.10. The van der Waals surface area contributed by atoms with Gasteiger partial charge in [0.1, 0.15) is 12.7 Å². The van der Waals surface area contributed by atoms with E-state index in [1.165, 1.54) is 0 Å². The van der Waals surface area contributed by atoms with Crippen LogP contribution in [-0.4, -0.2) is 25.4 Å². The van der Waals surface area contributed by atoms with E-state index in [-0.39, 0.29) is 12.2 Å². The van der Waals surface area contributed by atoms with E-state index >= 15 is 0 Å². The lowest BCUT2D eigenvalue weighted by atomic mass is 10.2. The number of rotatable bonds is 1. The van der Waals surface area contributed by atoms with Crippen molar-refractivity contribution in [3.8, 4) is 11.5 Å². The number of hydrogen-bond donors (Lipinski definition) is 0. The second kappa shape index (κ2) is 2.64. The molecule has 0 radical (unpaired) electrons. The Kier molecular flexibility index (Phi) is 1.46. The quantitative estimate of drug-likeness (QED) is 0.606. The van der Waals surface area contributed by atoms with Gasteiger partial charge in [-0.05, 0) is 12.1 Å². The van der Waals surface area contributed by atoms with Gasteiger partial charge in [-0.2, -0.15) is 0 Å². The highest BCUT2D eigenvalue weighted by Gasteiger charge is 2.37. The molecule has 0 saturated carbocycles. The first kappa shape index (κ1) is 7.21. The number of para-hydroxylation sites is 2. The van der Waals surface area contributed by atoms with Gasteiger partial charge in [0.2, 0.25) is 0 Å². The molecule has 2 heterocycles. The fraction of sp³-hybridized carbons (Fsp3) is 0.400. The van der Waals surface area contributed by atoms with E-state index in [2.05, 4.69) is 0 Å². The minimum atomic E-state index is 0.0786. The first-order valence-electron chi connectivity index (χ1n) is 4.43. The predicted octanol–water partition coefficient (Wildman–Crippen LogP) is 1.23. The van der Waals surface area contributed by atoms with Crippen LogP contribution in [0.4, 0.5) is 0 Å². The lowest BCUT2D eigenvalue weighted by Crippen LogP contribution is -2.33. The average Bonchev–Trinajstić information content (AvgIpc) is 3.00. The van der Waals surface area contributed by atoms with Crippen LogP contribution in [-0.2, 0) is 4.74 Å². The third kappa shape index (κ3) is 1.25. The Morgan fingerprint density at radius 1 is 1.00 bits per heavy atom. The summed E-state index contributed by atoms with van der Waals surface area (Å²) < 4.78 is 16.4. The number of ether oxygens (including phenoxy) is 3. The minimum absolute atomic E-state index is 0.0786. The molecule has 0 spiro atoms. The second-order valence-electron chi connectivity index (χ2n) is 3.29. The van der Waals surface area contributed by atoms with Crippen LogP contribution < -0.4 is 9.47 Å². The van der Waals surface area contributed by atoms with Crippen LogP contribution >= 0.6 is 0 Å². The second-order valence-corrected chi connectivity index (χ2v) is 3.29. The number of hydrogen-bond acceptors (Lipinski definition) is 3. The zero-order chi connectivity index (χ0) is 8.67. The summed E-state index contributed by atoms with van der Waals surface area (Å²) in [5, 5.41) is 0. The van der Waals surface area contributed by atoms with E-state index in [1.807, 2.05) is 24.3 Å². The Morgan fingerprint density at radius 3 is 2.54 bits per heavy atom. The van der Waals surface area contributed by atoms with Crippen molar-refractivity contribution >= 4 is 0 Å². The minimum Gasteiger partial charge on any atom is -0.486 e. The van der Waals surface area contributed by atoms with Crippen LogP contribution in [0, 0.1) is 0 Å². The summed E-state index contributed by atoms with van der Waals surface area (Å²) in [5.74, 6) is 1.66. The summed E-state index contributed by atoms with van der Waals surface area (Å²) >= 11 is 0. The van der Waals surface area contributed by atoms with Crippen molar-refractivity contribution < 1.29 is 14.2 Å². The fourth-order valence-electron chi connectivity index (χ4n) is 1.49. The molecule has 1 aromatic carbocycles. The largest absolute Gasteiger partial charge is 0.486 e. The van der Waals surface area contributed by atoms with Gasteiger partial charge in [-0.1, -0.05) is 12.1 Å². The maximum atomic E-state index is 5.71. The van der Waals surface area contributed by atoms with Gasteiger partial charge < -0.3 is 14.2 Å². The number of benzene rings is 1. The summed E-state index contributed by atoms with van der Waals surface area (Å²) in [6.45, 7) is 1.40. The van der Waals surface area contributed by atoms with Gasteiger partial charge in [-0.3, -0.25) is 0 Å². The molecule has 0 unspecified atom stereocenters. The topological polar surface area (TPSA) is 31.0 Å². The predicted molar refractivity (Wildman–Crippen MR) is 46.1 cm³/mol. The van der Waals surface area contributed by atoms with Gasteiger partial charge in [-0.25, -0.2) is 0 Å². The summed E-state index contributed by atoms with van der Waals surface area (Å²) in [6, 6.07) is 7.72. The number of epoxide rings is 1. The maximum Gasteiger partial charge on any atom is 0.161 e. The molecule has 3 heteroatoms. The van der Waals surface area contributed by atoms with Gasteiger partial charge in [0.15, 0.2) is 17.6 Å². The molecule has 1 saturated heterocycles. The summed E-state index contributed by atoms with van der Waals surface area (Å²) in [5.41, 5.74) is 0. The molecule has 1 aromatic rings. The van der Waals surface area contributed by atoms with E-state index in [4.69, 9.17) is 14.2 Å². The SMILES string of the molecule is c1ccc2c(c1)OC[C@@H]([C@H]1CO1)O2. The van der Waals surface area contributed by atoms with Crippen molar-refractivity contribution in [2.75, 3.05) is 13.2 Å². The molecule has 1 fully saturated rings. The normalized spacial score (nSPS) is 29.8. The van der Waals surface area contributed by atoms with Crippen LogP contribution in [0.25, 0.3) is 0 Å². The summed E-state index contributed by atoms with van der Waals surface area (Å²) in [7, 11) is 0. The van der Waals surface area contributed by atoms with Crippen LogP contribution in [0.2, 0.25) is 0 Å². The molecule has 0 bridgehead atoms. The Bertz CT molecular complexity index is 320. The van der Waals surface area contributed by atoms with Crippen molar-refractivity contribution in [3.63, 3.8) is 0 Å². The van der Waals surface area contributed by atoms with Crippen molar-refractivity contribution in [1.82, 2.24) is 0 Å². The van der Waals surface area contributed by atoms with Crippen LogP contribution in [0.5, 0.6) is 11.5 Å². The van der Waals surface area contributed by atoms with E-state index in [1.54, 1.807) is 0 Å². The highest BCUT2D eigenvalue weighted by atomic mass is 16.6. The first-order valence-corrected chi connectivity index (χ1v) is 4.43. The molecule has 2 aliphatic rings. The summed E-state index contributed by atoms with van der Waals surface area (Å²) in [4.78, 5) is 0. The Labute approximate surface area is 76.2 Å². The van der Waals surface area contributed by atoms with Crippen molar-refractivity contribution in [2.24, 2.45) is 0 Å². The van der Waals surface area contributed by atoms with Gasteiger partial charge in [-0.15, -0.1) is 0 Å². The molecular weight excluding hydrogens is 168 g/mol. The molecule has 2 aliphatic heterocycles. The van der Waals surface area contributed by atoms with Crippen LogP contribution in [0.15, 0.2) is 24.3 Å². The van der Waals surface area contributed by atoms with Crippen molar-refractivity contribution in [1.29, 1.82) is 0 Å². The lowest BCUT2D eigenvalue weighted by Gasteiger charge is -2.25. The first-order chi connectivity index (χ1) is 6.43. The van der Waals surface area contributed by atoms with Crippen LogP contribution in [0.3, 0.4) is 0 Å². The molecular formula is C10H10O3. The molecule has 0 aliphatic carbocycles. The van der Waals surface area contributed by atoms with E-state index in [0.717, 1.165) is 18.1 Å². The highest BCUT2D eigenvalue weighted by Crippen LogP contribution is 2.33. The van der Waals surface area contributed by atoms with Crippen LogP contribution in [0.1, 0.15) is 0 Å². The smallest absolute Gasteiger partial charge is 0.161 e. The highest BCUT2D eigenvalue weighted by molar-refractivity contribution is 5.40. The maximum absolute atomic E-state index is 5.71. The monoisotopic (exact) mass is 178 g/mol. The van der Waals surface area contributed by atoms with E-state index < -0.39 is 0 Å². The third-order valence-corrected chi connectivity index (χ3v) is 2.30. The average molecular weight is 178 g/mol. The Morgan fingerprint density at radius 2 is 1.77 bits per heavy atom. The molecule has 13 heavy (non-hydrogen) atoms. The van der Waals surface area contributed by atoms with Gasteiger partial charge in [0.25, 0.3) is 0 Å². The molecule has 3 rings (SSSR count). The molecule has 3 nitrogen and oxygen atoms in total. The molecule has 0 N–H and O–H groups in total. The number of fused-ring (bicyclic) bond motifs is 1. The Balaban J connectivity index is 1.85.